The number of hydrogen-bond acceptors (Lipinski definition) is 5. The van der Waals surface area contributed by atoms with E-state index in [1.807, 2.05) is 42.5 Å². The molecule has 1 atom stereocenters. The number of nitrogens with zero attached hydrogens (tertiary/aromatic N) is 1. The third-order valence-electron chi connectivity index (χ3n) is 6.29. The number of carbonyl (C=O) groups is 1. The number of pyridine rings is 2. The number of ether oxygens (including phenoxy) is 2. The van der Waals surface area contributed by atoms with Gasteiger partial charge in [0.2, 0.25) is 0 Å². The number of rotatable bonds is 7. The van der Waals surface area contributed by atoms with Crippen LogP contribution in [0.15, 0.2) is 107 Å². The molecule has 3 aromatic carbocycles. The van der Waals surface area contributed by atoms with Gasteiger partial charge >= 0.3 is 6.09 Å². The molecule has 1 amide bonds. The molecule has 0 fully saturated rings. The summed E-state index contributed by atoms with van der Waals surface area (Å²) >= 11 is 6.07. The molecule has 0 radical (unpaired) electrons. The Labute approximate surface area is 228 Å². The second-order valence-electron chi connectivity index (χ2n) is 8.78. The summed E-state index contributed by atoms with van der Waals surface area (Å²) < 4.78 is 12.3. The van der Waals surface area contributed by atoms with Crippen LogP contribution in [0.1, 0.15) is 22.7 Å². The predicted molar refractivity (Wildman–Crippen MR) is 150 cm³/mol. The number of benzene rings is 3. The maximum Gasteiger partial charge on any atom is 0.413 e. The van der Waals surface area contributed by atoms with Crippen molar-refractivity contribution >= 4 is 28.6 Å². The van der Waals surface area contributed by atoms with Gasteiger partial charge in [-0.25, -0.2) is 4.79 Å². The van der Waals surface area contributed by atoms with Crippen LogP contribution in [0.3, 0.4) is 0 Å². The Morgan fingerprint density at radius 3 is 2.54 bits per heavy atom. The highest BCUT2D eigenvalue weighted by Crippen LogP contribution is 2.23. The van der Waals surface area contributed by atoms with E-state index >= 15 is 0 Å². The van der Waals surface area contributed by atoms with Crippen LogP contribution in [0.2, 0.25) is 5.02 Å². The van der Waals surface area contributed by atoms with Crippen molar-refractivity contribution in [2.45, 2.75) is 12.6 Å². The lowest BCUT2D eigenvalue weighted by Crippen LogP contribution is -2.34. The van der Waals surface area contributed by atoms with E-state index in [9.17, 15) is 14.4 Å². The third-order valence-corrected chi connectivity index (χ3v) is 6.52. The van der Waals surface area contributed by atoms with Gasteiger partial charge in [-0.3, -0.25) is 9.59 Å². The topological polar surface area (TPSA) is 102 Å². The first kappa shape index (κ1) is 25.8. The molecule has 0 bridgehead atoms. The number of fused-ring (bicyclic) bond motifs is 1. The number of hydrogen-bond donors (Lipinski definition) is 2. The van der Waals surface area contributed by atoms with E-state index in [0.29, 0.717) is 39.3 Å². The minimum atomic E-state index is -0.818. The summed E-state index contributed by atoms with van der Waals surface area (Å²) in [5.74, 6) is 0.741. The normalized spacial score (nSPS) is 11.6. The van der Waals surface area contributed by atoms with Crippen molar-refractivity contribution in [3.63, 3.8) is 0 Å². The van der Waals surface area contributed by atoms with E-state index in [2.05, 4.69) is 10.3 Å². The molecule has 0 spiro atoms. The van der Waals surface area contributed by atoms with Gasteiger partial charge in [-0.2, -0.15) is 0 Å². The number of methoxy groups -OCH3 is 1. The zero-order valence-corrected chi connectivity index (χ0v) is 21.6. The maximum atomic E-state index is 13.4. The van der Waals surface area contributed by atoms with Crippen LogP contribution in [-0.2, 0) is 6.54 Å². The fraction of sp³-hybridized carbons (Fsp3) is 0.100. The fourth-order valence-electron chi connectivity index (χ4n) is 4.37. The number of nitrogens with one attached hydrogen (secondary N) is 2. The lowest BCUT2D eigenvalue weighted by molar-refractivity contribution is 0.197. The molecule has 0 aliphatic heterocycles. The minimum Gasteiger partial charge on any atom is -0.496 e. The van der Waals surface area contributed by atoms with E-state index in [4.69, 9.17) is 21.1 Å². The Morgan fingerprint density at radius 2 is 1.77 bits per heavy atom. The Bertz CT molecular complexity index is 1760. The molecule has 2 N–H and O–H groups in total. The summed E-state index contributed by atoms with van der Waals surface area (Å²) in [5.41, 5.74) is 1.81. The summed E-state index contributed by atoms with van der Waals surface area (Å²) in [6.45, 7) is 0.293. The number of carbonyl (C=O) groups excluding carboxylic acids is 1. The smallest absolute Gasteiger partial charge is 0.413 e. The van der Waals surface area contributed by atoms with Crippen LogP contribution in [0.5, 0.6) is 11.5 Å². The van der Waals surface area contributed by atoms with Gasteiger partial charge in [-0.1, -0.05) is 60.1 Å². The van der Waals surface area contributed by atoms with Crippen LogP contribution in [0.4, 0.5) is 4.79 Å². The number of amides is 1. The van der Waals surface area contributed by atoms with Gasteiger partial charge in [0.15, 0.2) is 5.43 Å². The first-order chi connectivity index (χ1) is 18.9. The second kappa shape index (κ2) is 11.3. The molecule has 2 aromatic heterocycles. The quantitative estimate of drug-likeness (QED) is 0.292. The highest BCUT2D eigenvalue weighted by molar-refractivity contribution is 6.31. The molecule has 9 heteroatoms. The molecule has 5 aromatic rings. The Morgan fingerprint density at radius 1 is 1.00 bits per heavy atom. The molecule has 0 saturated carbocycles. The molecule has 2 heterocycles. The molecule has 8 nitrogen and oxygen atoms in total. The SMILES string of the molecule is COc1ccccc1Cn1ccc(OC(=O)NC(c2ccccc2)c2c[nH]c3cc(Cl)ccc3c2=O)cc1=O. The van der Waals surface area contributed by atoms with Crippen molar-refractivity contribution in [1.82, 2.24) is 14.9 Å². The zero-order valence-electron chi connectivity index (χ0n) is 20.9. The van der Waals surface area contributed by atoms with Gasteiger partial charge < -0.3 is 24.3 Å². The van der Waals surface area contributed by atoms with Crippen molar-refractivity contribution in [1.29, 1.82) is 0 Å². The molecule has 39 heavy (non-hydrogen) atoms. The number of para-hydroxylation sites is 1. The number of aromatic nitrogens is 2. The Hall–Kier alpha value is -4.82. The molecule has 5 rings (SSSR count). The van der Waals surface area contributed by atoms with Crippen LogP contribution < -0.4 is 25.8 Å². The van der Waals surface area contributed by atoms with Crippen molar-refractivity contribution < 1.29 is 14.3 Å². The largest absolute Gasteiger partial charge is 0.496 e. The van der Waals surface area contributed by atoms with Gasteiger partial charge in [-0.15, -0.1) is 0 Å². The third kappa shape index (κ3) is 5.71. The molecule has 1 unspecified atom stereocenters. The highest BCUT2D eigenvalue weighted by Gasteiger charge is 2.22. The van der Waals surface area contributed by atoms with E-state index in [-0.39, 0.29) is 16.7 Å². The highest BCUT2D eigenvalue weighted by atomic mass is 35.5. The van der Waals surface area contributed by atoms with Crippen molar-refractivity contribution in [3.8, 4) is 11.5 Å². The molecular formula is C30H24ClN3O5. The van der Waals surface area contributed by atoms with E-state index in [0.717, 1.165) is 5.56 Å². The Balaban J connectivity index is 1.39. The van der Waals surface area contributed by atoms with Crippen molar-refractivity contribution in [2.24, 2.45) is 0 Å². The van der Waals surface area contributed by atoms with Crippen LogP contribution in [-0.4, -0.2) is 22.8 Å². The molecule has 0 aliphatic rings. The standard InChI is InChI=1S/C30H24ClN3O5/c1-38-26-10-6-5-9-20(26)18-34-14-13-22(16-27(34)35)39-30(37)33-28(19-7-3-2-4-8-19)24-17-32-25-15-21(31)11-12-23(25)29(24)36/h2-17,28H,18H2,1H3,(H,32,36)(H,33,37). The number of H-pyrrole nitrogens is 1. The Kier molecular flexibility index (Phi) is 7.47. The van der Waals surface area contributed by atoms with Gasteiger partial charge in [0, 0.05) is 40.0 Å². The van der Waals surface area contributed by atoms with E-state index < -0.39 is 12.1 Å². The first-order valence-electron chi connectivity index (χ1n) is 12.1. The van der Waals surface area contributed by atoms with Gasteiger partial charge in [0.25, 0.3) is 5.56 Å². The summed E-state index contributed by atoms with van der Waals surface area (Å²) in [6.07, 6.45) is 2.28. The maximum absolute atomic E-state index is 13.4. The summed E-state index contributed by atoms with van der Waals surface area (Å²) in [6, 6.07) is 23.4. The molecule has 196 valence electrons. The van der Waals surface area contributed by atoms with Crippen molar-refractivity contribution in [2.75, 3.05) is 7.11 Å². The number of halogens is 1. The summed E-state index contributed by atoms with van der Waals surface area (Å²) in [7, 11) is 1.57. The van der Waals surface area contributed by atoms with E-state index in [1.165, 1.54) is 16.7 Å². The van der Waals surface area contributed by atoms with Crippen molar-refractivity contribution in [3.05, 3.63) is 140 Å². The molecular weight excluding hydrogens is 518 g/mol. The van der Waals surface area contributed by atoms with Crippen LogP contribution >= 0.6 is 11.6 Å². The lowest BCUT2D eigenvalue weighted by Gasteiger charge is -2.19. The average molecular weight is 542 g/mol. The molecule has 0 aliphatic carbocycles. The predicted octanol–water partition coefficient (Wildman–Crippen LogP) is 5.28. The van der Waals surface area contributed by atoms with Crippen LogP contribution in [0.25, 0.3) is 10.9 Å². The zero-order chi connectivity index (χ0) is 27.4. The van der Waals surface area contributed by atoms with Crippen LogP contribution in [0, 0.1) is 0 Å². The first-order valence-corrected chi connectivity index (χ1v) is 12.5. The van der Waals surface area contributed by atoms with Gasteiger partial charge in [0.1, 0.15) is 11.5 Å². The summed E-state index contributed by atoms with van der Waals surface area (Å²) in [5, 5.41) is 3.71. The lowest BCUT2D eigenvalue weighted by atomic mass is 9.98. The average Bonchev–Trinajstić information content (AvgIpc) is 2.94. The van der Waals surface area contributed by atoms with Gasteiger partial charge in [0.05, 0.1) is 25.2 Å². The number of aromatic amines is 1. The fourth-order valence-corrected chi connectivity index (χ4v) is 4.54. The monoisotopic (exact) mass is 541 g/mol. The molecule has 0 saturated heterocycles. The van der Waals surface area contributed by atoms with Gasteiger partial charge in [-0.05, 0) is 35.9 Å². The second-order valence-corrected chi connectivity index (χ2v) is 9.22. The summed E-state index contributed by atoms with van der Waals surface area (Å²) in [4.78, 5) is 42.2. The minimum absolute atomic E-state index is 0.0719. The van der Waals surface area contributed by atoms with E-state index in [1.54, 1.807) is 49.8 Å².